The van der Waals surface area contributed by atoms with E-state index < -0.39 is 18.3 Å². The molecular formula is C13H17ClO4. The van der Waals surface area contributed by atoms with Gasteiger partial charge in [-0.2, -0.15) is 0 Å². The summed E-state index contributed by atoms with van der Waals surface area (Å²) in [5.41, 5.74) is 1.82. The molecule has 4 atom stereocenters. The Morgan fingerprint density at radius 1 is 1.39 bits per heavy atom. The molecule has 1 fully saturated rings. The van der Waals surface area contributed by atoms with E-state index in [1.165, 1.54) is 0 Å². The van der Waals surface area contributed by atoms with E-state index in [2.05, 4.69) is 0 Å². The van der Waals surface area contributed by atoms with Gasteiger partial charge >= 0.3 is 0 Å². The molecule has 1 aliphatic heterocycles. The molecule has 0 radical (unpaired) electrons. The lowest BCUT2D eigenvalue weighted by Crippen LogP contribution is -2.47. The summed E-state index contributed by atoms with van der Waals surface area (Å²) in [5, 5.41) is 29.2. The van der Waals surface area contributed by atoms with Gasteiger partial charge < -0.3 is 20.1 Å². The van der Waals surface area contributed by atoms with E-state index in [1.54, 1.807) is 6.07 Å². The molecule has 1 aromatic rings. The van der Waals surface area contributed by atoms with Crippen molar-refractivity contribution in [2.45, 2.75) is 37.8 Å². The number of halogens is 1. The highest BCUT2D eigenvalue weighted by molar-refractivity contribution is 6.31. The minimum atomic E-state index is -1.04. The van der Waals surface area contributed by atoms with E-state index in [1.807, 2.05) is 19.1 Å². The summed E-state index contributed by atoms with van der Waals surface area (Å²) in [6.07, 6.45) is -2.72. The van der Waals surface area contributed by atoms with Gasteiger partial charge in [-0.3, -0.25) is 0 Å². The van der Waals surface area contributed by atoms with Crippen LogP contribution in [0.5, 0.6) is 0 Å². The number of rotatable bonds is 2. The van der Waals surface area contributed by atoms with E-state index >= 15 is 0 Å². The zero-order valence-corrected chi connectivity index (χ0v) is 10.8. The van der Waals surface area contributed by atoms with Crippen molar-refractivity contribution in [3.05, 3.63) is 34.3 Å². The quantitative estimate of drug-likeness (QED) is 0.756. The highest BCUT2D eigenvalue weighted by Crippen LogP contribution is 2.33. The van der Waals surface area contributed by atoms with Crippen molar-refractivity contribution in [2.75, 3.05) is 6.61 Å². The van der Waals surface area contributed by atoms with Crippen LogP contribution >= 0.6 is 11.6 Å². The predicted octanol–water partition coefficient (Wildman–Crippen LogP) is 1.19. The van der Waals surface area contributed by atoms with Gasteiger partial charge in [-0.25, -0.2) is 0 Å². The zero-order chi connectivity index (χ0) is 13.3. The fraction of sp³-hybridized carbons (Fsp3) is 0.538. The first kappa shape index (κ1) is 13.8. The van der Waals surface area contributed by atoms with Crippen molar-refractivity contribution in [3.63, 3.8) is 0 Å². The molecule has 0 unspecified atom stereocenters. The molecule has 0 amide bonds. The molecule has 4 nitrogen and oxygen atoms in total. The summed E-state index contributed by atoms with van der Waals surface area (Å²) < 4.78 is 5.60. The van der Waals surface area contributed by atoms with Gasteiger partial charge in [0.2, 0.25) is 0 Å². The molecular weight excluding hydrogens is 256 g/mol. The van der Waals surface area contributed by atoms with Gasteiger partial charge in [-0.05, 0) is 24.1 Å². The Morgan fingerprint density at radius 2 is 2.11 bits per heavy atom. The summed E-state index contributed by atoms with van der Waals surface area (Å²) in [7, 11) is 0. The second-order valence-electron chi connectivity index (χ2n) is 4.65. The van der Waals surface area contributed by atoms with Gasteiger partial charge in [0, 0.05) is 11.4 Å². The van der Waals surface area contributed by atoms with Gasteiger partial charge in [0.1, 0.15) is 12.2 Å². The number of benzene rings is 1. The van der Waals surface area contributed by atoms with Crippen LogP contribution in [0.3, 0.4) is 0 Å². The number of hydrogen-bond acceptors (Lipinski definition) is 4. The molecule has 1 saturated heterocycles. The van der Waals surface area contributed by atoms with Crippen molar-refractivity contribution < 1.29 is 20.1 Å². The number of hydrogen-bond donors (Lipinski definition) is 3. The van der Waals surface area contributed by atoms with Crippen LogP contribution in [0.4, 0.5) is 0 Å². The van der Waals surface area contributed by atoms with Crippen molar-refractivity contribution >= 4 is 11.6 Å². The van der Waals surface area contributed by atoms with E-state index in [0.29, 0.717) is 11.4 Å². The summed E-state index contributed by atoms with van der Waals surface area (Å²) in [6, 6.07) is 5.51. The molecule has 1 aromatic carbocycles. The van der Waals surface area contributed by atoms with E-state index in [-0.39, 0.29) is 12.7 Å². The molecule has 1 heterocycles. The Kier molecular flexibility index (Phi) is 4.25. The second kappa shape index (κ2) is 5.55. The topological polar surface area (TPSA) is 69.9 Å². The number of aliphatic hydroxyl groups is 3. The first-order valence-corrected chi connectivity index (χ1v) is 6.29. The normalized spacial score (nSPS) is 32.5. The van der Waals surface area contributed by atoms with Crippen LogP contribution < -0.4 is 0 Å². The SMILES string of the molecule is Cc1cc([C@H]2C[C@@H](O)[C@H](O)[C@@H](CO)O2)ccc1Cl. The Bertz CT molecular complexity index is 423. The molecule has 0 bridgehead atoms. The van der Waals surface area contributed by atoms with Crippen LogP contribution in [0.25, 0.3) is 0 Å². The highest BCUT2D eigenvalue weighted by atomic mass is 35.5. The molecule has 0 saturated carbocycles. The fourth-order valence-electron chi connectivity index (χ4n) is 2.19. The maximum absolute atomic E-state index is 9.77. The lowest BCUT2D eigenvalue weighted by Gasteiger charge is -2.36. The minimum Gasteiger partial charge on any atom is -0.394 e. The zero-order valence-electron chi connectivity index (χ0n) is 10.1. The van der Waals surface area contributed by atoms with Crippen molar-refractivity contribution in [2.24, 2.45) is 0 Å². The Balaban J connectivity index is 2.20. The summed E-state index contributed by atoms with van der Waals surface area (Å²) in [4.78, 5) is 0. The maximum Gasteiger partial charge on any atom is 0.110 e. The smallest absolute Gasteiger partial charge is 0.110 e. The second-order valence-corrected chi connectivity index (χ2v) is 5.06. The molecule has 18 heavy (non-hydrogen) atoms. The standard InChI is InChI=1S/C13H17ClO4/c1-7-4-8(2-3-9(7)14)11-5-10(16)13(17)12(6-15)18-11/h2-4,10-13,15-17H,5-6H2,1H3/t10-,11-,12-,13+/m1/s1. The molecule has 2 rings (SSSR count). The van der Waals surface area contributed by atoms with Gasteiger partial charge in [-0.1, -0.05) is 23.7 Å². The largest absolute Gasteiger partial charge is 0.394 e. The molecule has 100 valence electrons. The van der Waals surface area contributed by atoms with Crippen LogP contribution in [0.15, 0.2) is 18.2 Å². The Labute approximate surface area is 111 Å². The third-order valence-corrected chi connectivity index (χ3v) is 3.73. The van der Waals surface area contributed by atoms with Gasteiger partial charge in [0.05, 0.1) is 18.8 Å². The first-order chi connectivity index (χ1) is 8.52. The van der Waals surface area contributed by atoms with Gasteiger partial charge in [-0.15, -0.1) is 0 Å². The van der Waals surface area contributed by atoms with Crippen LogP contribution in [0.1, 0.15) is 23.7 Å². The van der Waals surface area contributed by atoms with Crippen molar-refractivity contribution in [1.82, 2.24) is 0 Å². The lowest BCUT2D eigenvalue weighted by atomic mass is 9.93. The molecule has 5 heteroatoms. The molecule has 1 aliphatic rings. The summed E-state index contributed by atoms with van der Waals surface area (Å²) in [5.74, 6) is 0. The van der Waals surface area contributed by atoms with Crippen molar-refractivity contribution in [3.8, 4) is 0 Å². The summed E-state index contributed by atoms with van der Waals surface area (Å²) in [6.45, 7) is 1.57. The lowest BCUT2D eigenvalue weighted by molar-refractivity contribution is -0.181. The number of ether oxygens (including phenoxy) is 1. The predicted molar refractivity (Wildman–Crippen MR) is 67.5 cm³/mol. The minimum absolute atomic E-state index is 0.304. The number of aryl methyl sites for hydroxylation is 1. The fourth-order valence-corrected chi connectivity index (χ4v) is 2.30. The van der Waals surface area contributed by atoms with E-state index in [9.17, 15) is 10.2 Å². The van der Waals surface area contributed by atoms with Crippen LogP contribution in [-0.4, -0.2) is 40.2 Å². The van der Waals surface area contributed by atoms with E-state index in [4.69, 9.17) is 21.4 Å². The van der Waals surface area contributed by atoms with Crippen LogP contribution in [0.2, 0.25) is 5.02 Å². The molecule has 3 N–H and O–H groups in total. The summed E-state index contributed by atoms with van der Waals surface area (Å²) >= 11 is 5.96. The molecule has 0 spiro atoms. The van der Waals surface area contributed by atoms with Gasteiger partial charge in [0.15, 0.2) is 0 Å². The van der Waals surface area contributed by atoms with Gasteiger partial charge in [0.25, 0.3) is 0 Å². The van der Waals surface area contributed by atoms with Crippen molar-refractivity contribution in [1.29, 1.82) is 0 Å². The van der Waals surface area contributed by atoms with Crippen LogP contribution in [-0.2, 0) is 4.74 Å². The monoisotopic (exact) mass is 272 g/mol. The van der Waals surface area contributed by atoms with Crippen LogP contribution in [0, 0.1) is 6.92 Å². The first-order valence-electron chi connectivity index (χ1n) is 5.91. The van der Waals surface area contributed by atoms with E-state index in [0.717, 1.165) is 11.1 Å². The maximum atomic E-state index is 9.77. The number of aliphatic hydroxyl groups excluding tert-OH is 3. The average Bonchev–Trinajstić information content (AvgIpc) is 2.36. The Hall–Kier alpha value is -0.650. The Morgan fingerprint density at radius 3 is 2.72 bits per heavy atom. The average molecular weight is 273 g/mol. The highest BCUT2D eigenvalue weighted by Gasteiger charge is 2.36. The molecule has 0 aliphatic carbocycles. The molecule has 0 aromatic heterocycles. The third kappa shape index (κ3) is 2.68. The third-order valence-electron chi connectivity index (χ3n) is 3.30.